The topological polar surface area (TPSA) is 231 Å². The van der Waals surface area contributed by atoms with Gasteiger partial charge in [-0.2, -0.15) is 4.98 Å². The molecule has 0 fully saturated rings. The van der Waals surface area contributed by atoms with E-state index in [1.807, 2.05) is 78.2 Å². The van der Waals surface area contributed by atoms with Crippen LogP contribution in [0.2, 0.25) is 5.28 Å². The standard InChI is InChI=1S/C26H28N6O3.C14H13ClN4O.C12H16N2O2/c1-5-24(34)28-20-7-6-8-21(13-20)29-25-16(2)14-27-26(31-25)30-22-11-18-9-10-32(17(3)33)15-19(18)12-23(22)35-4;1-3-12(20)17-10-5-4-6-11(7-10)18-13-9(2)8-16-14(15)19-13;1-8(15)14-4-3-9-6-12(16-2)11(13)5-10(9)7-14/h5-8,11-14H,1,9-10,15H2,2-4H3,(H,28,34)(H2,27,29,30,31);3-8H,1H2,2H3,(H,17,20)(H,16,18,19);5-6H,3-4,7,13H2,1-2H3. The van der Waals surface area contributed by atoms with E-state index in [1.165, 1.54) is 17.7 Å². The second-order valence-electron chi connectivity index (χ2n) is 16.4. The minimum absolute atomic E-state index is 0.0681. The lowest BCUT2D eigenvalue weighted by Gasteiger charge is -2.29. The molecule has 2 aromatic heterocycles. The van der Waals surface area contributed by atoms with Gasteiger partial charge in [0.2, 0.25) is 34.9 Å². The van der Waals surface area contributed by atoms with Gasteiger partial charge in [0.1, 0.15) is 23.1 Å². The summed E-state index contributed by atoms with van der Waals surface area (Å²) in [5.41, 5.74) is 16.4. The van der Waals surface area contributed by atoms with E-state index < -0.39 is 0 Å². The molecule has 2 aliphatic rings. The number of nitrogen functional groups attached to an aromatic ring is 1. The van der Waals surface area contributed by atoms with Gasteiger partial charge < -0.3 is 51.6 Å². The van der Waals surface area contributed by atoms with Crippen molar-refractivity contribution in [1.29, 1.82) is 0 Å². The number of hydrogen-bond acceptors (Lipinski definition) is 14. The summed E-state index contributed by atoms with van der Waals surface area (Å²) in [6, 6.07) is 22.5. The number of aryl methyl sites for hydroxylation is 2. The molecule has 2 aliphatic heterocycles. The van der Waals surface area contributed by atoms with Crippen molar-refractivity contribution in [2.75, 3.05) is 59.6 Å². The Hall–Kier alpha value is -8.51. The second kappa shape index (κ2) is 24.2. The highest BCUT2D eigenvalue weighted by atomic mass is 35.5. The fourth-order valence-electron chi connectivity index (χ4n) is 7.48. The molecule has 71 heavy (non-hydrogen) atoms. The van der Waals surface area contributed by atoms with Crippen LogP contribution in [0.15, 0.2) is 111 Å². The number of carbonyl (C=O) groups excluding carboxylic acids is 4. The lowest BCUT2D eigenvalue weighted by molar-refractivity contribution is -0.130. The van der Waals surface area contributed by atoms with Crippen molar-refractivity contribution in [3.8, 4) is 11.5 Å². The third kappa shape index (κ3) is 14.3. The zero-order chi connectivity index (χ0) is 51.2. The highest BCUT2D eigenvalue weighted by Crippen LogP contribution is 2.34. The first kappa shape index (κ1) is 51.9. The average molecular weight is 982 g/mol. The van der Waals surface area contributed by atoms with Crippen LogP contribution in [-0.2, 0) is 45.1 Å². The predicted octanol–water partition coefficient (Wildman–Crippen LogP) is 8.80. The lowest BCUT2D eigenvalue weighted by atomic mass is 9.98. The van der Waals surface area contributed by atoms with E-state index in [2.05, 4.69) is 59.7 Å². The molecule has 8 rings (SSSR count). The van der Waals surface area contributed by atoms with Gasteiger partial charge in [-0.3, -0.25) is 19.2 Å². The first-order valence-electron chi connectivity index (χ1n) is 22.4. The number of fused-ring (bicyclic) bond motifs is 2. The molecule has 4 heterocycles. The number of carbonyl (C=O) groups is 4. The molecule has 368 valence electrons. The molecule has 4 aromatic carbocycles. The van der Waals surface area contributed by atoms with Crippen LogP contribution in [-0.4, -0.2) is 80.7 Å². The van der Waals surface area contributed by atoms with Gasteiger partial charge >= 0.3 is 0 Å². The molecule has 0 aliphatic carbocycles. The maximum absolute atomic E-state index is 11.8. The van der Waals surface area contributed by atoms with Crippen LogP contribution in [0.25, 0.3) is 0 Å². The molecule has 0 spiro atoms. The quantitative estimate of drug-likeness (QED) is 0.0383. The summed E-state index contributed by atoms with van der Waals surface area (Å²) in [5.74, 6) is 2.67. The summed E-state index contributed by atoms with van der Waals surface area (Å²) in [4.78, 5) is 66.7. The Kier molecular flexibility index (Phi) is 17.7. The average Bonchev–Trinajstić information content (AvgIpc) is 3.35. The van der Waals surface area contributed by atoms with Crippen molar-refractivity contribution in [1.82, 2.24) is 29.7 Å². The number of rotatable bonds is 12. The summed E-state index contributed by atoms with van der Waals surface area (Å²) >= 11 is 5.77. The molecule has 0 unspecified atom stereocenters. The first-order chi connectivity index (χ1) is 34.0. The van der Waals surface area contributed by atoms with Gasteiger partial charge in [-0.15, -0.1) is 0 Å². The monoisotopic (exact) mass is 980 g/mol. The van der Waals surface area contributed by atoms with Crippen LogP contribution in [0.3, 0.4) is 0 Å². The minimum Gasteiger partial charge on any atom is -0.495 e. The number of ether oxygens (including phenoxy) is 2. The highest BCUT2D eigenvalue weighted by Gasteiger charge is 2.22. The third-order valence-corrected chi connectivity index (χ3v) is 11.5. The third-order valence-electron chi connectivity index (χ3n) is 11.3. The Balaban J connectivity index is 0.000000193. The Morgan fingerprint density at radius 1 is 0.648 bits per heavy atom. The summed E-state index contributed by atoms with van der Waals surface area (Å²) in [5, 5.41) is 15.3. The van der Waals surface area contributed by atoms with Crippen LogP contribution in [0.5, 0.6) is 11.5 Å². The van der Waals surface area contributed by atoms with Crippen molar-refractivity contribution in [3.05, 3.63) is 149 Å². The van der Waals surface area contributed by atoms with E-state index in [-0.39, 0.29) is 28.9 Å². The summed E-state index contributed by atoms with van der Waals surface area (Å²) in [7, 11) is 3.22. The van der Waals surface area contributed by atoms with Crippen LogP contribution >= 0.6 is 11.6 Å². The number of aromatic nitrogens is 4. The van der Waals surface area contributed by atoms with Gasteiger partial charge in [-0.05, 0) is 133 Å². The molecule has 4 amide bonds. The Labute approximate surface area is 417 Å². The fourth-order valence-corrected chi connectivity index (χ4v) is 7.61. The molecule has 0 atom stereocenters. The largest absolute Gasteiger partial charge is 0.495 e. The predicted molar refractivity (Wildman–Crippen MR) is 279 cm³/mol. The number of hydrogen-bond donors (Lipinski definition) is 6. The van der Waals surface area contributed by atoms with Gasteiger partial charge in [0.05, 0.1) is 25.6 Å². The summed E-state index contributed by atoms with van der Waals surface area (Å²) in [6.07, 6.45) is 7.45. The normalized spacial score (nSPS) is 12.2. The molecular weight excluding hydrogens is 924 g/mol. The van der Waals surface area contributed by atoms with Gasteiger partial charge in [0.25, 0.3) is 0 Å². The number of anilines is 9. The molecular formula is C52H57ClN12O6. The minimum atomic E-state index is -0.278. The smallest absolute Gasteiger partial charge is 0.247 e. The van der Waals surface area contributed by atoms with E-state index in [1.54, 1.807) is 58.7 Å². The lowest BCUT2D eigenvalue weighted by Crippen LogP contribution is -2.34. The number of benzene rings is 4. The van der Waals surface area contributed by atoms with Crippen molar-refractivity contribution in [2.45, 2.75) is 53.6 Å². The molecule has 19 heteroatoms. The van der Waals surface area contributed by atoms with E-state index in [0.717, 1.165) is 70.0 Å². The molecule has 0 radical (unpaired) electrons. The number of amides is 4. The first-order valence-corrected chi connectivity index (χ1v) is 22.8. The molecule has 0 saturated heterocycles. The number of nitrogens with two attached hydrogens (primary N) is 1. The maximum Gasteiger partial charge on any atom is 0.247 e. The molecule has 6 aromatic rings. The second-order valence-corrected chi connectivity index (χ2v) is 16.7. The highest BCUT2D eigenvalue weighted by molar-refractivity contribution is 6.28. The molecule has 0 bridgehead atoms. The van der Waals surface area contributed by atoms with Crippen LogP contribution < -0.4 is 41.8 Å². The SMILES string of the molecule is C=CC(=O)Nc1cccc(Nc2nc(Cl)ncc2C)c1.C=CC(=O)Nc1cccc(Nc2nc(Nc3cc4c(cc3OC)CN(C(C)=O)CC4)ncc2C)c1.COc1cc2c(cc1N)CN(C(C)=O)CC2. The summed E-state index contributed by atoms with van der Waals surface area (Å²) in [6.45, 7) is 16.5. The van der Waals surface area contributed by atoms with Gasteiger partial charge in [0, 0.05) is 86.3 Å². The fraction of sp³-hybridized carbons (Fsp3) is 0.231. The van der Waals surface area contributed by atoms with E-state index in [4.69, 9.17) is 26.8 Å². The number of nitrogens with one attached hydrogen (secondary N) is 5. The summed E-state index contributed by atoms with van der Waals surface area (Å²) < 4.78 is 10.8. The zero-order valence-electron chi connectivity index (χ0n) is 40.5. The van der Waals surface area contributed by atoms with Crippen molar-refractivity contribution in [2.24, 2.45) is 0 Å². The Morgan fingerprint density at radius 2 is 1.13 bits per heavy atom. The van der Waals surface area contributed by atoms with Crippen LogP contribution in [0.4, 0.5) is 51.7 Å². The molecule has 7 N–H and O–H groups in total. The molecule has 0 saturated carbocycles. The van der Waals surface area contributed by atoms with Crippen molar-refractivity contribution < 1.29 is 28.7 Å². The van der Waals surface area contributed by atoms with E-state index >= 15 is 0 Å². The Bertz CT molecular complexity index is 2970. The Morgan fingerprint density at radius 3 is 1.65 bits per heavy atom. The zero-order valence-corrected chi connectivity index (χ0v) is 41.2. The number of nitrogens with zero attached hydrogens (tertiary/aromatic N) is 6. The van der Waals surface area contributed by atoms with E-state index in [9.17, 15) is 19.2 Å². The van der Waals surface area contributed by atoms with Crippen molar-refractivity contribution in [3.63, 3.8) is 0 Å². The van der Waals surface area contributed by atoms with Gasteiger partial charge in [0.15, 0.2) is 0 Å². The van der Waals surface area contributed by atoms with Gasteiger partial charge in [-0.25, -0.2) is 15.0 Å². The van der Waals surface area contributed by atoms with Gasteiger partial charge in [-0.1, -0.05) is 25.3 Å². The van der Waals surface area contributed by atoms with Crippen LogP contribution in [0.1, 0.15) is 47.2 Å². The maximum atomic E-state index is 11.8. The molecule has 18 nitrogen and oxygen atoms in total. The van der Waals surface area contributed by atoms with Crippen LogP contribution in [0, 0.1) is 13.8 Å². The number of halogens is 1. The van der Waals surface area contributed by atoms with Crippen molar-refractivity contribution >= 4 is 86.9 Å². The number of methoxy groups -OCH3 is 2. The van der Waals surface area contributed by atoms with E-state index in [0.29, 0.717) is 60.0 Å².